The van der Waals surface area contributed by atoms with Gasteiger partial charge in [-0.2, -0.15) is 0 Å². The summed E-state index contributed by atoms with van der Waals surface area (Å²) in [6, 6.07) is 0. The summed E-state index contributed by atoms with van der Waals surface area (Å²) in [6.45, 7) is -32.5. The van der Waals surface area contributed by atoms with Crippen LogP contribution in [0.5, 0.6) is 0 Å². The number of aromatic nitrogens is 22. The summed E-state index contributed by atoms with van der Waals surface area (Å²) in [6.07, 6.45) is -15.7. The largest absolute Gasteiger partial charge is 0.780 e. The Bertz CT molecular complexity index is 7520. The summed E-state index contributed by atoms with van der Waals surface area (Å²) in [5.74, 6) is 0.0978. The van der Waals surface area contributed by atoms with Crippen LogP contribution in [0.4, 0.5) is 23.3 Å². The molecule has 0 bridgehead atoms. The zero-order chi connectivity index (χ0) is 103. The molecule has 74 heteroatoms. The van der Waals surface area contributed by atoms with Gasteiger partial charge >= 0.3 is 17.1 Å². The van der Waals surface area contributed by atoms with Gasteiger partial charge in [-0.05, 0) is 27.7 Å². The molecule has 786 valence electrons. The van der Waals surface area contributed by atoms with Crippen molar-refractivity contribution in [1.29, 1.82) is 0 Å². The number of aryl methyl sites for hydroxylation is 3. The van der Waals surface area contributed by atoms with Crippen LogP contribution in [0, 0.1) is 20.8 Å². The highest BCUT2D eigenvalue weighted by molar-refractivity contribution is 8.32. The summed E-state index contributed by atoms with van der Waals surface area (Å²) in [5.41, 5.74) is 21.3. The van der Waals surface area contributed by atoms with Crippen molar-refractivity contribution in [3.63, 3.8) is 0 Å². The molecule has 7 fully saturated rings. The van der Waals surface area contributed by atoms with Crippen molar-refractivity contribution in [3.8, 4) is 0 Å². The molecular formula is C71H84N26O34P7S7-7. The number of rotatable bonds is 40. The molecule has 0 aromatic carbocycles. The topological polar surface area (TPSA) is 792 Å². The number of nitrogens with one attached hydrogen (secondary N) is 3. The lowest BCUT2D eigenvalue weighted by Gasteiger charge is -2.36. The summed E-state index contributed by atoms with van der Waals surface area (Å²) >= 11 is 38.2. The maximum atomic E-state index is 15.0. The number of nitrogen functional groups attached to an aromatic ring is 4. The molecule has 60 nitrogen and oxygen atoms in total. The highest BCUT2D eigenvalue weighted by Crippen LogP contribution is 2.57. The quantitative estimate of drug-likeness (QED) is 0.0160. The van der Waals surface area contributed by atoms with Gasteiger partial charge in [0.25, 0.3) is 16.7 Å². The molecule has 0 radical (unpaired) electrons. The highest BCUT2D eigenvalue weighted by Gasteiger charge is 2.49. The third-order valence-electron chi connectivity index (χ3n) is 24.0. The molecule has 11 aromatic heterocycles. The predicted octanol–water partition coefficient (Wildman–Crippen LogP) is -2.11. The van der Waals surface area contributed by atoms with E-state index in [0.717, 1.165) is 45.9 Å². The van der Waals surface area contributed by atoms with Gasteiger partial charge in [-0.3, -0.25) is 65.9 Å². The van der Waals surface area contributed by atoms with Crippen LogP contribution < -0.4 is 86.0 Å². The zero-order valence-corrected chi connectivity index (χ0v) is 87.3. The minimum atomic E-state index is -5.03. The molecule has 18 heterocycles. The van der Waals surface area contributed by atoms with Crippen molar-refractivity contribution in [2.24, 2.45) is 0 Å². The number of H-pyrrole nitrogens is 3. The van der Waals surface area contributed by atoms with Gasteiger partial charge in [-0.25, -0.2) is 74.2 Å². The van der Waals surface area contributed by atoms with Gasteiger partial charge in [0.2, 0.25) is 0 Å². The van der Waals surface area contributed by atoms with Crippen LogP contribution in [0.3, 0.4) is 0 Å². The van der Waals surface area contributed by atoms with Crippen LogP contribution in [-0.2, 0) is 184 Å². The number of aromatic amines is 3. The Kier molecular flexibility index (Phi) is 32.1. The molecule has 11 aromatic rings. The van der Waals surface area contributed by atoms with Gasteiger partial charge in [-0.1, -0.05) is 70.8 Å². The van der Waals surface area contributed by atoms with E-state index < -0.39 is 262 Å². The minimum Gasteiger partial charge on any atom is -0.780 e. The van der Waals surface area contributed by atoms with Crippen LogP contribution in [0.2, 0.25) is 0 Å². The Morgan fingerprint density at radius 3 is 0.828 bits per heavy atom. The number of fused-ring (bicyclic) bond motifs is 4. The van der Waals surface area contributed by atoms with E-state index in [2.05, 4.69) is 74.8 Å². The highest BCUT2D eigenvalue weighted by atomic mass is 32.7. The number of hydrogen-bond donors (Lipinski definition) is 7. The average Bonchev–Trinajstić information content (AvgIpc) is 1.62. The van der Waals surface area contributed by atoms with Crippen LogP contribution in [0.1, 0.15) is 112 Å². The van der Waals surface area contributed by atoms with Crippen LogP contribution in [-0.4, -0.2) is 239 Å². The van der Waals surface area contributed by atoms with Gasteiger partial charge in [0.15, 0.2) is 52.7 Å². The molecule has 11 N–H and O–H groups in total. The smallest absolute Gasteiger partial charge is 0.330 e. The third kappa shape index (κ3) is 24.5. The van der Waals surface area contributed by atoms with Gasteiger partial charge in [0.05, 0.1) is 114 Å². The normalized spacial score (nSPS) is 29.6. The molecule has 7 saturated heterocycles. The number of nitrogens with two attached hydrogens (primary N) is 4. The summed E-state index contributed by atoms with van der Waals surface area (Å²) in [7, 11) is 1.02. The Morgan fingerprint density at radius 1 is 0.345 bits per heavy atom. The Morgan fingerprint density at radius 2 is 0.566 bits per heavy atom. The maximum absolute atomic E-state index is 15.0. The molecule has 18 rings (SSSR count). The van der Waals surface area contributed by atoms with E-state index in [-0.39, 0.29) is 106 Å². The fourth-order valence-electron chi connectivity index (χ4n) is 17.0. The first-order chi connectivity index (χ1) is 68.6. The second-order valence-corrected chi connectivity index (χ2v) is 52.6. The van der Waals surface area contributed by atoms with Crippen molar-refractivity contribution in [2.45, 2.75) is 202 Å². The van der Waals surface area contributed by atoms with E-state index in [0.29, 0.717) is 11.2 Å². The first-order valence-corrected chi connectivity index (χ1v) is 61.1. The lowest BCUT2D eigenvalue weighted by atomic mass is 10.2. The van der Waals surface area contributed by atoms with E-state index in [9.17, 15) is 52.9 Å². The van der Waals surface area contributed by atoms with E-state index in [1.54, 1.807) is 11.5 Å². The number of anilines is 4. The van der Waals surface area contributed by atoms with Crippen molar-refractivity contribution in [2.75, 3.05) is 69.7 Å². The molecule has 0 aliphatic carbocycles. The van der Waals surface area contributed by atoms with Crippen molar-refractivity contribution in [3.05, 3.63) is 148 Å². The van der Waals surface area contributed by atoms with Crippen LogP contribution >= 0.6 is 47.1 Å². The van der Waals surface area contributed by atoms with Gasteiger partial charge in [-0.15, -0.1) is 0 Å². The minimum absolute atomic E-state index is 0.0200. The summed E-state index contributed by atoms with van der Waals surface area (Å²) < 4.78 is 150. The molecular weight excluding hydrogens is 2200 g/mol. The SMILES string of the molecule is COP([O-])(=S)O[C@@H]1C[C@H](n2cc(C)c(=O)[nH]c2=O)O[C@@H]1COP([O-])(=S)O[C@@H]1C[C@H](n2cc(C)c(=O)[nH]c2=O)O[C@@H]1COP([O-])(=S)O[C@@H]1C[C@H](n2cnc3c(N)ncnc32)O[C@@H]1COP([O-])(=S)O[C@@H]1C[C@H](n2cc(C)c(=O)[nH]c2=O)O[C@@H]1COP([O-])(=S)O[C@@H]1C[C@H](n2cnc3c(N)ncnc32)O[C@@H]1COP(=O)([S-])O[C@@H]1C[C@H](n2cnc3c(N)ncnc32)O[C@@H]1COP([O-])(=S)O[C@@H]1C[C@H](n2cnc3c(N)ncnc32)O[C@@H]1C. The summed E-state index contributed by atoms with van der Waals surface area (Å²) in [5, 5.41) is 0. The Balaban J connectivity index is 0.558. The number of ether oxygens (including phenoxy) is 7. The number of hydrogen-bond acceptors (Lipinski definition) is 57. The Labute approximate surface area is 849 Å². The molecule has 145 heavy (non-hydrogen) atoms. The second kappa shape index (κ2) is 43.2. The fourth-order valence-corrected chi connectivity index (χ4v) is 26.7. The van der Waals surface area contributed by atoms with Crippen LogP contribution in [0.25, 0.3) is 44.7 Å². The second-order valence-electron chi connectivity index (χ2n) is 33.6. The average molecular weight is 2290 g/mol. The standard InChI is InChI=1S/C71H91N26O34P7S7/c1-30-13-91(69(101)88-66(30)98)47-7-35(126-132(104,139)111-5)41(119-47)16-113-134(106,141)127-36-8-48(92-14-31(2)67(99)89-70(92)102)120-42(36)17-114-136(108,143)130-39-11-52(96-28-86-56-60(74)78-24-82-64(56)96)123-45(39)20-116-135(107,142)128-37-9-49(93-15-32(3)68(100)90-71(93)103)121-43(37)18-115-137(109,144)131-40-12-53(97-29-87-57-61(75)79-25-83-65(57)97)124-46(40)21-117-138(110,145)129-38-10-51(95-27-85-55-59(73)77-23-81-63(55)95)122-44(38)19-112-133(105,140)125-34-6-50(118-33(34)4)94-26-84-54-58(72)76-22-80-62(54)94/h13-15,22-29,33-53H,6-12,16-21H2,1-5H3,(H,104,139)(H,105,140)(H,106,141)(H,107,142)(H,108,143)(H,109,144)(H,110,145)(H2,72,76,80)(H2,73,77,81)(H2,74,78,82)(H2,75,79,83)(H,88,98,101)(H,89,99,102)(H,90,100,103)/p-7/t33-,34-,35-,36-,37-,38-,39-,40-,41-,42-,43-,44-,45-,46-,47-,48-,49-,50-,51-,52-,53-,132?,133?,134?,135?,136?,137?,138?/m1/s1. The van der Waals surface area contributed by atoms with Crippen molar-refractivity contribution < 1.29 is 130 Å². The molecule has 0 spiro atoms. The number of nitrogens with zero attached hydrogens (tertiary/aromatic N) is 19. The third-order valence-corrected chi connectivity index (χ3v) is 35.1. The lowest BCUT2D eigenvalue weighted by Crippen LogP contribution is -2.35. The zero-order valence-electron chi connectivity index (χ0n) is 75.3. The van der Waals surface area contributed by atoms with E-state index in [1.165, 1.54) is 78.6 Å². The first-order valence-electron chi connectivity index (χ1n) is 43.2. The fraction of sp³-hybridized carbons (Fsp3) is 0.549. The lowest BCUT2D eigenvalue weighted by molar-refractivity contribution is -0.221. The predicted molar refractivity (Wildman–Crippen MR) is 510 cm³/mol. The molecule has 7 aliphatic heterocycles. The molecule has 0 saturated carbocycles. The van der Waals surface area contributed by atoms with Crippen molar-refractivity contribution in [1.82, 2.24) is 107 Å². The van der Waals surface area contributed by atoms with Gasteiger partial charge in [0.1, 0.15) is 168 Å². The van der Waals surface area contributed by atoms with Gasteiger partial charge < -0.3 is 161 Å². The van der Waals surface area contributed by atoms with Crippen LogP contribution in [0.15, 0.2) is 98.0 Å². The molecule has 7 unspecified atom stereocenters. The summed E-state index contributed by atoms with van der Waals surface area (Å²) in [4.78, 5) is 221. The number of imidazole rings is 4. The first kappa shape index (κ1) is 108. The monoisotopic (exact) mass is 2290 g/mol. The molecule has 0 amide bonds. The molecule has 7 aliphatic rings. The Hall–Kier alpha value is -7.16. The van der Waals surface area contributed by atoms with E-state index in [1.807, 2.05) is 0 Å². The maximum Gasteiger partial charge on any atom is 0.330 e. The van der Waals surface area contributed by atoms with Crippen molar-refractivity contribution >= 4 is 198 Å². The molecule has 28 atom stereocenters. The van der Waals surface area contributed by atoms with E-state index in [4.69, 9.17) is 203 Å². The van der Waals surface area contributed by atoms with E-state index >= 15 is 9.79 Å². The van der Waals surface area contributed by atoms with Gasteiger partial charge in [0, 0.05) is 87.3 Å².